The summed E-state index contributed by atoms with van der Waals surface area (Å²) in [5.74, 6) is -0.864. The second kappa shape index (κ2) is 3.27. The zero-order chi connectivity index (χ0) is 9.31. The van der Waals surface area contributed by atoms with Crippen molar-refractivity contribution in [3.63, 3.8) is 0 Å². The average Bonchev–Trinajstić information content (AvgIpc) is 2.17. The molecule has 74 valence electrons. The molecular formula is C9H14O4. The lowest BCUT2D eigenvalue weighted by molar-refractivity contribution is -0.228. The maximum Gasteiger partial charge on any atom is 0.338 e. The Morgan fingerprint density at radius 2 is 2.23 bits per heavy atom. The normalized spacial score (nSPS) is 39.5. The summed E-state index contributed by atoms with van der Waals surface area (Å²) in [6.07, 6.45) is 3.14. The number of hydrogen-bond acceptors (Lipinski definition) is 3. The number of fused-ring (bicyclic) bond motifs is 1. The lowest BCUT2D eigenvalue weighted by atomic mass is 9.81. The summed E-state index contributed by atoms with van der Waals surface area (Å²) < 4.78 is 10.8. The van der Waals surface area contributed by atoms with Crippen LogP contribution in [0.4, 0.5) is 0 Å². The molecule has 2 unspecified atom stereocenters. The molecule has 0 bridgehead atoms. The van der Waals surface area contributed by atoms with Gasteiger partial charge in [0.05, 0.1) is 19.3 Å². The quantitative estimate of drug-likeness (QED) is 0.658. The first-order valence-corrected chi connectivity index (χ1v) is 4.75. The van der Waals surface area contributed by atoms with Gasteiger partial charge >= 0.3 is 5.97 Å². The Labute approximate surface area is 76.8 Å². The molecule has 0 aromatic carbocycles. The summed E-state index contributed by atoms with van der Waals surface area (Å²) >= 11 is 0. The van der Waals surface area contributed by atoms with Gasteiger partial charge in [-0.1, -0.05) is 6.42 Å². The number of hydrogen-bond donors (Lipinski definition) is 1. The van der Waals surface area contributed by atoms with Gasteiger partial charge in [-0.2, -0.15) is 0 Å². The van der Waals surface area contributed by atoms with E-state index in [-0.39, 0.29) is 6.10 Å². The molecule has 1 aliphatic heterocycles. The fourth-order valence-corrected chi connectivity index (χ4v) is 2.22. The summed E-state index contributed by atoms with van der Waals surface area (Å²) in [5.41, 5.74) is -1.03. The summed E-state index contributed by atoms with van der Waals surface area (Å²) in [5, 5.41) is 9.12. The minimum Gasteiger partial charge on any atom is -0.479 e. The lowest BCUT2D eigenvalue weighted by Crippen LogP contribution is -2.58. The van der Waals surface area contributed by atoms with Gasteiger partial charge in [0.25, 0.3) is 0 Å². The molecule has 4 heteroatoms. The van der Waals surface area contributed by atoms with Gasteiger partial charge in [-0.25, -0.2) is 4.79 Å². The number of carboxylic acids is 1. The Morgan fingerprint density at radius 1 is 1.38 bits per heavy atom. The summed E-state index contributed by atoms with van der Waals surface area (Å²) in [6.45, 7) is 0.933. The van der Waals surface area contributed by atoms with Gasteiger partial charge in [0.15, 0.2) is 5.60 Å². The Hall–Kier alpha value is -0.610. The van der Waals surface area contributed by atoms with E-state index in [4.69, 9.17) is 14.6 Å². The zero-order valence-corrected chi connectivity index (χ0v) is 7.49. The molecule has 1 saturated carbocycles. The van der Waals surface area contributed by atoms with Crippen LogP contribution in [0.15, 0.2) is 0 Å². The molecule has 0 spiro atoms. The van der Waals surface area contributed by atoms with Crippen molar-refractivity contribution in [1.82, 2.24) is 0 Å². The van der Waals surface area contributed by atoms with E-state index in [1.165, 1.54) is 0 Å². The van der Waals surface area contributed by atoms with E-state index in [9.17, 15) is 4.79 Å². The first-order chi connectivity index (χ1) is 6.26. The predicted molar refractivity (Wildman–Crippen MR) is 44.5 cm³/mol. The van der Waals surface area contributed by atoms with E-state index in [0.29, 0.717) is 19.6 Å². The highest BCUT2D eigenvalue weighted by molar-refractivity contribution is 5.78. The maximum atomic E-state index is 11.1. The van der Waals surface area contributed by atoms with Crippen LogP contribution in [-0.4, -0.2) is 36.0 Å². The van der Waals surface area contributed by atoms with Crippen LogP contribution in [0, 0.1) is 0 Å². The van der Waals surface area contributed by atoms with Crippen molar-refractivity contribution in [2.24, 2.45) is 0 Å². The van der Waals surface area contributed by atoms with Crippen molar-refractivity contribution < 1.29 is 19.4 Å². The van der Waals surface area contributed by atoms with Gasteiger partial charge < -0.3 is 14.6 Å². The third-order valence-corrected chi connectivity index (χ3v) is 2.91. The molecule has 13 heavy (non-hydrogen) atoms. The van der Waals surface area contributed by atoms with Crippen LogP contribution in [0.2, 0.25) is 0 Å². The van der Waals surface area contributed by atoms with Gasteiger partial charge in [-0.3, -0.25) is 0 Å². The van der Waals surface area contributed by atoms with Gasteiger partial charge in [-0.15, -0.1) is 0 Å². The molecule has 0 radical (unpaired) electrons. The second-order valence-corrected chi connectivity index (χ2v) is 3.65. The number of aliphatic carboxylic acids is 1. The van der Waals surface area contributed by atoms with Gasteiger partial charge in [-0.05, 0) is 19.3 Å². The Balaban J connectivity index is 2.21. The second-order valence-electron chi connectivity index (χ2n) is 3.65. The van der Waals surface area contributed by atoms with Crippen LogP contribution in [0.1, 0.15) is 25.7 Å². The SMILES string of the molecule is O=C(O)C12CCCCC1OCCO2. The Kier molecular flexibility index (Phi) is 2.26. The monoisotopic (exact) mass is 186 g/mol. The molecule has 2 fully saturated rings. The van der Waals surface area contributed by atoms with E-state index in [2.05, 4.69) is 0 Å². The number of carbonyl (C=O) groups is 1. The van der Waals surface area contributed by atoms with Crippen LogP contribution in [0.25, 0.3) is 0 Å². The number of rotatable bonds is 1. The van der Waals surface area contributed by atoms with Crippen molar-refractivity contribution >= 4 is 5.97 Å². The highest BCUT2D eigenvalue weighted by atomic mass is 16.6. The molecule has 0 aromatic rings. The number of carboxylic acid groups (broad SMARTS) is 1. The first kappa shape index (κ1) is 8.97. The zero-order valence-electron chi connectivity index (χ0n) is 7.49. The maximum absolute atomic E-state index is 11.1. The van der Waals surface area contributed by atoms with Gasteiger partial charge in [0.1, 0.15) is 0 Å². The van der Waals surface area contributed by atoms with Gasteiger partial charge in [0.2, 0.25) is 0 Å². The molecule has 2 rings (SSSR count). The largest absolute Gasteiger partial charge is 0.479 e. The molecule has 2 aliphatic rings. The average molecular weight is 186 g/mol. The molecule has 4 nitrogen and oxygen atoms in total. The predicted octanol–water partition coefficient (Wildman–Crippen LogP) is 0.799. The lowest BCUT2D eigenvalue weighted by Gasteiger charge is -2.43. The highest BCUT2D eigenvalue weighted by Crippen LogP contribution is 2.36. The summed E-state index contributed by atoms with van der Waals surface area (Å²) in [4.78, 5) is 11.1. The van der Waals surface area contributed by atoms with Crippen LogP contribution in [0.5, 0.6) is 0 Å². The Morgan fingerprint density at radius 3 is 2.92 bits per heavy atom. The molecule has 1 N–H and O–H groups in total. The van der Waals surface area contributed by atoms with Crippen LogP contribution in [-0.2, 0) is 14.3 Å². The van der Waals surface area contributed by atoms with Crippen molar-refractivity contribution in [3.05, 3.63) is 0 Å². The third kappa shape index (κ3) is 1.34. The minimum atomic E-state index is -1.03. The fourth-order valence-electron chi connectivity index (χ4n) is 2.22. The van der Waals surface area contributed by atoms with Gasteiger partial charge in [0, 0.05) is 0 Å². The van der Waals surface area contributed by atoms with E-state index in [1.807, 2.05) is 0 Å². The molecule has 1 heterocycles. The van der Waals surface area contributed by atoms with Crippen molar-refractivity contribution in [2.45, 2.75) is 37.4 Å². The third-order valence-electron chi connectivity index (χ3n) is 2.91. The van der Waals surface area contributed by atoms with Crippen LogP contribution in [0.3, 0.4) is 0 Å². The van der Waals surface area contributed by atoms with Crippen molar-refractivity contribution in [2.75, 3.05) is 13.2 Å². The smallest absolute Gasteiger partial charge is 0.338 e. The fraction of sp³-hybridized carbons (Fsp3) is 0.889. The standard InChI is InChI=1S/C9H14O4/c10-8(11)9-4-2-1-3-7(9)12-5-6-13-9/h7H,1-6H2,(H,10,11). The van der Waals surface area contributed by atoms with E-state index >= 15 is 0 Å². The highest BCUT2D eigenvalue weighted by Gasteiger charge is 2.51. The minimum absolute atomic E-state index is 0.229. The van der Waals surface area contributed by atoms with Crippen molar-refractivity contribution in [1.29, 1.82) is 0 Å². The number of ether oxygens (including phenoxy) is 2. The molecule has 1 saturated heterocycles. The summed E-state index contributed by atoms with van der Waals surface area (Å²) in [6, 6.07) is 0. The molecule has 2 atom stereocenters. The van der Waals surface area contributed by atoms with Crippen molar-refractivity contribution in [3.8, 4) is 0 Å². The van der Waals surface area contributed by atoms with E-state index < -0.39 is 11.6 Å². The Bertz CT molecular complexity index is 202. The molecule has 0 aromatic heterocycles. The topological polar surface area (TPSA) is 55.8 Å². The van der Waals surface area contributed by atoms with Crippen LogP contribution >= 0.6 is 0 Å². The van der Waals surface area contributed by atoms with Crippen LogP contribution < -0.4 is 0 Å². The summed E-state index contributed by atoms with van der Waals surface area (Å²) in [7, 11) is 0. The molecule has 0 amide bonds. The van der Waals surface area contributed by atoms with E-state index in [0.717, 1.165) is 19.3 Å². The molecular weight excluding hydrogens is 172 g/mol. The molecule has 1 aliphatic carbocycles. The first-order valence-electron chi connectivity index (χ1n) is 4.75. The van der Waals surface area contributed by atoms with E-state index in [1.54, 1.807) is 0 Å².